The van der Waals surface area contributed by atoms with Gasteiger partial charge in [0.05, 0.1) is 18.6 Å². The number of amides is 3. The van der Waals surface area contributed by atoms with E-state index in [1.807, 2.05) is 0 Å². The van der Waals surface area contributed by atoms with Crippen molar-refractivity contribution in [2.75, 3.05) is 18.1 Å². The van der Waals surface area contributed by atoms with Gasteiger partial charge in [0.2, 0.25) is 11.0 Å². The lowest BCUT2D eigenvalue weighted by Crippen LogP contribution is -2.39. The van der Waals surface area contributed by atoms with E-state index in [2.05, 4.69) is 26.1 Å². The maximum atomic E-state index is 11.6. The molecule has 112 valence electrons. The third kappa shape index (κ3) is 5.08. The van der Waals surface area contributed by atoms with Gasteiger partial charge >= 0.3 is 6.03 Å². The van der Waals surface area contributed by atoms with Crippen molar-refractivity contribution in [1.82, 2.24) is 20.8 Å². The predicted octanol–water partition coefficient (Wildman–Crippen LogP) is 1.29. The molecule has 21 heavy (non-hydrogen) atoms. The fourth-order valence-electron chi connectivity index (χ4n) is 1.28. The smallest absolute Gasteiger partial charge is 0.321 e. The SMILES string of the molecule is CNc1nnc(SCC(=O)NC(=O)NCc2ccco2)s1. The van der Waals surface area contributed by atoms with Crippen molar-refractivity contribution < 1.29 is 14.0 Å². The summed E-state index contributed by atoms with van der Waals surface area (Å²) in [5, 5.41) is 16.0. The Morgan fingerprint density at radius 2 is 2.29 bits per heavy atom. The van der Waals surface area contributed by atoms with E-state index in [0.717, 1.165) is 0 Å². The number of aromatic nitrogens is 2. The summed E-state index contributed by atoms with van der Waals surface area (Å²) < 4.78 is 5.71. The molecule has 0 radical (unpaired) electrons. The van der Waals surface area contributed by atoms with E-state index < -0.39 is 11.9 Å². The molecule has 0 fully saturated rings. The van der Waals surface area contributed by atoms with Crippen LogP contribution >= 0.6 is 23.1 Å². The van der Waals surface area contributed by atoms with E-state index in [-0.39, 0.29) is 12.3 Å². The van der Waals surface area contributed by atoms with Crippen molar-refractivity contribution in [3.05, 3.63) is 24.2 Å². The number of thioether (sulfide) groups is 1. The van der Waals surface area contributed by atoms with Gasteiger partial charge in [-0.1, -0.05) is 23.1 Å². The van der Waals surface area contributed by atoms with E-state index in [9.17, 15) is 9.59 Å². The molecule has 0 atom stereocenters. The van der Waals surface area contributed by atoms with Crippen LogP contribution in [0, 0.1) is 0 Å². The molecule has 0 aliphatic rings. The van der Waals surface area contributed by atoms with Crippen molar-refractivity contribution in [1.29, 1.82) is 0 Å². The van der Waals surface area contributed by atoms with E-state index in [4.69, 9.17) is 4.42 Å². The standard InChI is InChI=1S/C11H13N5O3S2/c1-12-10-15-16-11(21-10)20-6-8(17)14-9(18)13-5-7-3-2-4-19-7/h2-4H,5-6H2,1H3,(H,12,15)(H2,13,14,17,18). The number of carbonyl (C=O) groups excluding carboxylic acids is 2. The number of rotatable bonds is 6. The maximum absolute atomic E-state index is 11.6. The zero-order valence-electron chi connectivity index (χ0n) is 11.1. The molecule has 0 saturated carbocycles. The average Bonchev–Trinajstić information content (AvgIpc) is 3.14. The van der Waals surface area contributed by atoms with Gasteiger partial charge in [-0.2, -0.15) is 0 Å². The third-order valence-corrected chi connectivity index (χ3v) is 4.28. The van der Waals surface area contributed by atoms with Crippen LogP contribution in [0.2, 0.25) is 0 Å². The fourth-order valence-corrected chi connectivity index (χ4v) is 2.79. The highest BCUT2D eigenvalue weighted by molar-refractivity contribution is 8.01. The second kappa shape index (κ2) is 7.64. The first-order valence-electron chi connectivity index (χ1n) is 5.91. The molecular formula is C11H13N5O3S2. The summed E-state index contributed by atoms with van der Waals surface area (Å²) in [6.07, 6.45) is 1.51. The highest BCUT2D eigenvalue weighted by atomic mass is 32.2. The summed E-state index contributed by atoms with van der Waals surface area (Å²) in [4.78, 5) is 23.1. The Morgan fingerprint density at radius 1 is 1.43 bits per heavy atom. The Labute approximate surface area is 128 Å². The lowest BCUT2D eigenvalue weighted by atomic mass is 10.4. The molecule has 10 heteroatoms. The molecule has 0 aliphatic heterocycles. The minimum atomic E-state index is -0.565. The maximum Gasteiger partial charge on any atom is 0.321 e. The first-order valence-corrected chi connectivity index (χ1v) is 7.71. The molecule has 2 rings (SSSR count). The highest BCUT2D eigenvalue weighted by Gasteiger charge is 2.10. The summed E-state index contributed by atoms with van der Waals surface area (Å²) in [7, 11) is 1.74. The third-order valence-electron chi connectivity index (χ3n) is 2.20. The second-order valence-corrected chi connectivity index (χ2v) is 5.92. The molecule has 8 nitrogen and oxygen atoms in total. The molecule has 0 saturated heterocycles. The Hall–Kier alpha value is -2.07. The van der Waals surface area contributed by atoms with Crippen LogP contribution in [0.3, 0.4) is 0 Å². The van der Waals surface area contributed by atoms with Gasteiger partial charge in [-0.15, -0.1) is 10.2 Å². The second-order valence-electron chi connectivity index (χ2n) is 3.72. The number of nitrogens with one attached hydrogen (secondary N) is 3. The summed E-state index contributed by atoms with van der Waals surface area (Å²) in [5.41, 5.74) is 0. The zero-order chi connectivity index (χ0) is 15.1. The van der Waals surface area contributed by atoms with Crippen LogP contribution in [-0.2, 0) is 11.3 Å². The lowest BCUT2D eigenvalue weighted by Gasteiger charge is -2.04. The molecule has 3 amide bonds. The molecule has 0 aromatic carbocycles. The van der Waals surface area contributed by atoms with Crippen LogP contribution in [-0.4, -0.2) is 34.9 Å². The topological polar surface area (TPSA) is 109 Å². The monoisotopic (exact) mass is 327 g/mol. The number of imide groups is 1. The number of urea groups is 1. The van der Waals surface area contributed by atoms with Crippen molar-refractivity contribution in [3.63, 3.8) is 0 Å². The largest absolute Gasteiger partial charge is 0.467 e. The number of furan rings is 1. The van der Waals surface area contributed by atoms with Gasteiger partial charge in [0.1, 0.15) is 5.76 Å². The molecule has 0 unspecified atom stereocenters. The summed E-state index contributed by atoms with van der Waals surface area (Å²) >= 11 is 2.56. The van der Waals surface area contributed by atoms with Gasteiger partial charge < -0.3 is 15.1 Å². The number of nitrogens with zero attached hydrogens (tertiary/aromatic N) is 2. The Morgan fingerprint density at radius 3 is 2.95 bits per heavy atom. The number of hydrogen-bond donors (Lipinski definition) is 3. The van der Waals surface area contributed by atoms with Gasteiger partial charge in [-0.3, -0.25) is 10.1 Å². The van der Waals surface area contributed by atoms with Gasteiger partial charge in [0, 0.05) is 7.05 Å². The molecule has 3 N–H and O–H groups in total. The van der Waals surface area contributed by atoms with Crippen LogP contribution in [0.15, 0.2) is 27.2 Å². The van der Waals surface area contributed by atoms with Crippen molar-refractivity contribution in [2.45, 2.75) is 10.9 Å². The van der Waals surface area contributed by atoms with Crippen molar-refractivity contribution in [2.24, 2.45) is 0 Å². The molecule has 2 aromatic heterocycles. The van der Waals surface area contributed by atoms with E-state index >= 15 is 0 Å². The van der Waals surface area contributed by atoms with E-state index in [1.165, 1.54) is 29.4 Å². The Bertz CT molecular complexity index is 599. The summed E-state index contributed by atoms with van der Waals surface area (Å²) in [6.45, 7) is 0.223. The van der Waals surface area contributed by atoms with Gasteiger partial charge in [-0.25, -0.2) is 4.79 Å². The van der Waals surface area contributed by atoms with Crippen LogP contribution < -0.4 is 16.0 Å². The molecule has 0 spiro atoms. The molecular weight excluding hydrogens is 314 g/mol. The van der Waals surface area contributed by atoms with Gasteiger partial charge in [0.25, 0.3) is 0 Å². The minimum absolute atomic E-state index is 0.0898. The van der Waals surface area contributed by atoms with Crippen LogP contribution in [0.1, 0.15) is 5.76 Å². The van der Waals surface area contributed by atoms with Crippen molar-refractivity contribution in [3.8, 4) is 0 Å². The molecule has 2 heterocycles. The van der Waals surface area contributed by atoms with E-state index in [0.29, 0.717) is 15.2 Å². The molecule has 2 aromatic rings. The molecule has 0 bridgehead atoms. The summed E-state index contributed by atoms with van der Waals surface area (Å²) in [5.74, 6) is 0.297. The predicted molar refractivity (Wildman–Crippen MR) is 79.3 cm³/mol. The van der Waals surface area contributed by atoms with Crippen LogP contribution in [0.25, 0.3) is 0 Å². The number of hydrogen-bond acceptors (Lipinski definition) is 8. The lowest BCUT2D eigenvalue weighted by molar-refractivity contribution is -0.117. The number of carbonyl (C=O) groups is 2. The number of anilines is 1. The van der Waals surface area contributed by atoms with Gasteiger partial charge in [-0.05, 0) is 12.1 Å². The highest BCUT2D eigenvalue weighted by Crippen LogP contribution is 2.24. The zero-order valence-corrected chi connectivity index (χ0v) is 12.7. The Kier molecular flexibility index (Phi) is 5.58. The van der Waals surface area contributed by atoms with Crippen molar-refractivity contribution >= 4 is 40.2 Å². The Balaban J connectivity index is 1.67. The van der Waals surface area contributed by atoms with Gasteiger partial charge in [0.15, 0.2) is 4.34 Å². The first kappa shape index (κ1) is 15.3. The van der Waals surface area contributed by atoms with E-state index in [1.54, 1.807) is 19.2 Å². The summed E-state index contributed by atoms with van der Waals surface area (Å²) in [6, 6.07) is 2.88. The fraction of sp³-hybridized carbons (Fsp3) is 0.273. The normalized spacial score (nSPS) is 10.1. The van der Waals surface area contributed by atoms with Crippen LogP contribution in [0.4, 0.5) is 9.93 Å². The minimum Gasteiger partial charge on any atom is -0.467 e. The quantitative estimate of drug-likeness (QED) is 0.686. The van der Waals surface area contributed by atoms with Crippen LogP contribution in [0.5, 0.6) is 0 Å². The molecule has 0 aliphatic carbocycles. The first-order chi connectivity index (χ1) is 10.2. The average molecular weight is 327 g/mol.